The van der Waals surface area contributed by atoms with Gasteiger partial charge in [0.25, 0.3) is 0 Å². The Morgan fingerprint density at radius 1 is 1.00 bits per heavy atom. The maximum Gasteiger partial charge on any atom is 2.00 e. The zero-order chi connectivity index (χ0) is 5.11. The minimum Gasteiger partial charge on any atom is -0.693 e. The van der Waals surface area contributed by atoms with Gasteiger partial charge in [-0.15, -0.1) is 12.1 Å². The summed E-state index contributed by atoms with van der Waals surface area (Å²) in [5.41, 5.74) is 1.07. The maximum absolute atomic E-state index is 3.72. The van der Waals surface area contributed by atoms with E-state index in [1.807, 2.05) is 30.3 Å². The van der Waals surface area contributed by atoms with Crippen molar-refractivity contribution in [1.29, 1.82) is 0 Å². The van der Waals surface area contributed by atoms with Crippen LogP contribution in [-0.4, -0.2) is 23.1 Å². The molecule has 1 rings (SSSR count). The van der Waals surface area contributed by atoms with Crippen molar-refractivity contribution >= 4 is 23.1 Å². The van der Waals surface area contributed by atoms with Crippen LogP contribution in [0.5, 0.6) is 0 Å². The van der Waals surface area contributed by atoms with Crippen LogP contribution in [0.25, 0.3) is 6.15 Å². The van der Waals surface area contributed by atoms with E-state index in [1.165, 1.54) is 0 Å². The first-order valence-electron chi connectivity index (χ1n) is 2.26. The summed E-state index contributed by atoms with van der Waals surface area (Å²) in [5.74, 6) is 0. The van der Waals surface area contributed by atoms with Gasteiger partial charge < -0.3 is 6.15 Å². The molecule has 1 aromatic carbocycles. The van der Waals surface area contributed by atoms with E-state index in [0.717, 1.165) is 5.56 Å². The van der Waals surface area contributed by atoms with Gasteiger partial charge in [0.2, 0.25) is 0 Å². The maximum atomic E-state index is 3.72. The predicted molar refractivity (Wildman–Crippen MR) is 41.9 cm³/mol. The molecule has 1 aromatic rings. The van der Waals surface area contributed by atoms with Crippen LogP contribution in [0.3, 0.4) is 0 Å². The normalized spacial score (nSPS) is 6.67. The van der Waals surface area contributed by atoms with Gasteiger partial charge in [-0.1, -0.05) is 6.07 Å². The SMILES string of the molecule is [CH2-]c1ccccc1.[Mg+2].[NH2-]. The topological polar surface area (TPSA) is 33.5 Å². The zero-order valence-corrected chi connectivity index (χ0v) is 6.79. The smallest absolute Gasteiger partial charge is 0.693 e. The average molecular weight is 131 g/mol. The van der Waals surface area contributed by atoms with Gasteiger partial charge in [-0.05, 0) is 0 Å². The van der Waals surface area contributed by atoms with Gasteiger partial charge >= 0.3 is 23.1 Å². The summed E-state index contributed by atoms with van der Waals surface area (Å²) >= 11 is 0. The second-order valence-corrected chi connectivity index (χ2v) is 1.49. The van der Waals surface area contributed by atoms with E-state index in [4.69, 9.17) is 0 Å². The molecule has 0 atom stereocenters. The van der Waals surface area contributed by atoms with Crippen molar-refractivity contribution in [1.82, 2.24) is 0 Å². The molecule has 0 fully saturated rings. The van der Waals surface area contributed by atoms with Crippen LogP contribution >= 0.6 is 0 Å². The van der Waals surface area contributed by atoms with Crippen molar-refractivity contribution in [3.05, 3.63) is 49.0 Å². The molecule has 0 saturated heterocycles. The summed E-state index contributed by atoms with van der Waals surface area (Å²) in [7, 11) is 0. The first-order chi connectivity index (χ1) is 3.39. The van der Waals surface area contributed by atoms with E-state index in [0.29, 0.717) is 0 Å². The summed E-state index contributed by atoms with van der Waals surface area (Å²) < 4.78 is 0. The molecule has 0 heterocycles. The molecule has 0 aliphatic carbocycles. The molecule has 9 heavy (non-hydrogen) atoms. The van der Waals surface area contributed by atoms with Gasteiger partial charge in [0.1, 0.15) is 0 Å². The van der Waals surface area contributed by atoms with Gasteiger partial charge in [-0.2, -0.15) is 24.6 Å². The molecule has 0 aliphatic rings. The van der Waals surface area contributed by atoms with Gasteiger partial charge in [-0.25, -0.2) is 0 Å². The summed E-state index contributed by atoms with van der Waals surface area (Å²) in [6.45, 7) is 3.72. The number of benzene rings is 1. The second-order valence-electron chi connectivity index (χ2n) is 1.49. The van der Waals surface area contributed by atoms with E-state index in [-0.39, 0.29) is 29.2 Å². The first kappa shape index (κ1) is 11.6. The molecule has 0 aliphatic heterocycles. The number of rotatable bonds is 0. The van der Waals surface area contributed by atoms with Gasteiger partial charge in [0.05, 0.1) is 0 Å². The summed E-state index contributed by atoms with van der Waals surface area (Å²) in [6.07, 6.45) is 0. The van der Waals surface area contributed by atoms with E-state index < -0.39 is 0 Å². The third-order valence-corrected chi connectivity index (χ3v) is 0.843. The number of hydrogen-bond donors (Lipinski definition) is 0. The standard InChI is InChI=1S/C7H7.Mg.H2N/c1-7-5-3-2-4-6-7;;/h2-6H,1H2;;1H2/q-1;+2;-1. The minimum absolute atomic E-state index is 0. The first-order valence-corrected chi connectivity index (χ1v) is 2.26. The van der Waals surface area contributed by atoms with Crippen LogP contribution in [0.15, 0.2) is 30.3 Å². The average Bonchev–Trinajstić information content (AvgIpc) is 1.69. The van der Waals surface area contributed by atoms with E-state index in [2.05, 4.69) is 6.92 Å². The van der Waals surface area contributed by atoms with Crippen molar-refractivity contribution in [2.75, 3.05) is 0 Å². The van der Waals surface area contributed by atoms with Crippen LogP contribution in [0.2, 0.25) is 0 Å². The summed E-state index contributed by atoms with van der Waals surface area (Å²) in [5, 5.41) is 0. The molecule has 0 unspecified atom stereocenters. The molecule has 0 spiro atoms. The Morgan fingerprint density at radius 3 is 1.67 bits per heavy atom. The molecule has 0 radical (unpaired) electrons. The quantitative estimate of drug-likeness (QED) is 0.382. The van der Waals surface area contributed by atoms with Gasteiger partial charge in [-0.3, -0.25) is 0 Å². The van der Waals surface area contributed by atoms with E-state index in [1.54, 1.807) is 0 Å². The van der Waals surface area contributed by atoms with E-state index >= 15 is 0 Å². The minimum atomic E-state index is 0. The van der Waals surface area contributed by atoms with Crippen LogP contribution in [0.1, 0.15) is 5.56 Å². The second kappa shape index (κ2) is 5.94. The van der Waals surface area contributed by atoms with Crippen molar-refractivity contribution < 1.29 is 0 Å². The molecule has 0 bridgehead atoms. The fraction of sp³-hybridized carbons (Fsp3) is 0. The number of nitrogens with two attached hydrogens (primary N) is 1. The molecule has 1 nitrogen and oxygen atoms in total. The summed E-state index contributed by atoms with van der Waals surface area (Å²) in [4.78, 5) is 0. The summed E-state index contributed by atoms with van der Waals surface area (Å²) in [6, 6.07) is 9.87. The molecular formula is C7H9MgN. The third-order valence-electron chi connectivity index (χ3n) is 0.843. The number of hydrogen-bond acceptors (Lipinski definition) is 0. The molecule has 0 amide bonds. The van der Waals surface area contributed by atoms with Crippen molar-refractivity contribution in [3.8, 4) is 0 Å². The Balaban J connectivity index is 0. The van der Waals surface area contributed by atoms with Crippen molar-refractivity contribution in [2.24, 2.45) is 0 Å². The largest absolute Gasteiger partial charge is 2.00 e. The monoisotopic (exact) mass is 131 g/mol. The third kappa shape index (κ3) is 4.33. The molecule has 0 saturated carbocycles. The van der Waals surface area contributed by atoms with Gasteiger partial charge in [0.15, 0.2) is 0 Å². The fourth-order valence-electron chi connectivity index (χ4n) is 0.478. The van der Waals surface area contributed by atoms with Crippen LogP contribution < -0.4 is 0 Å². The fourth-order valence-corrected chi connectivity index (χ4v) is 0.478. The zero-order valence-electron chi connectivity index (χ0n) is 5.38. The molecule has 44 valence electrons. The Morgan fingerprint density at radius 2 is 1.44 bits per heavy atom. The predicted octanol–water partition coefficient (Wildman–Crippen LogP) is 2.21. The van der Waals surface area contributed by atoms with Gasteiger partial charge in [0, 0.05) is 0 Å². The van der Waals surface area contributed by atoms with Crippen LogP contribution in [-0.2, 0) is 0 Å². The van der Waals surface area contributed by atoms with Crippen LogP contribution in [0.4, 0.5) is 0 Å². The van der Waals surface area contributed by atoms with Crippen molar-refractivity contribution in [2.45, 2.75) is 0 Å². The Bertz CT molecular complexity index is 139. The van der Waals surface area contributed by atoms with Crippen molar-refractivity contribution in [3.63, 3.8) is 0 Å². The van der Waals surface area contributed by atoms with Crippen LogP contribution in [0, 0.1) is 6.92 Å². The molecule has 2 heteroatoms. The van der Waals surface area contributed by atoms with E-state index in [9.17, 15) is 0 Å². The Labute approximate surface area is 72.2 Å². The Kier molecular flexibility index (Phi) is 7.66. The molecule has 2 N–H and O–H groups in total. The molecule has 0 aromatic heterocycles. The Hall–Kier alpha value is -0.184. The molecular weight excluding hydrogens is 122 g/mol.